The van der Waals surface area contributed by atoms with Crippen molar-refractivity contribution < 1.29 is 27.1 Å². The number of esters is 1. The molecule has 0 saturated heterocycles. The van der Waals surface area contributed by atoms with Gasteiger partial charge >= 0.3 is 12.1 Å². The second kappa shape index (κ2) is 7.29. The van der Waals surface area contributed by atoms with Crippen LogP contribution in [0.5, 0.6) is 0 Å². The summed E-state index contributed by atoms with van der Waals surface area (Å²) in [4.78, 5) is 15.4. The van der Waals surface area contributed by atoms with Crippen LogP contribution < -0.4 is 5.73 Å². The first-order chi connectivity index (χ1) is 13.1. The van der Waals surface area contributed by atoms with Crippen molar-refractivity contribution in [2.45, 2.75) is 38.5 Å². The average molecular weight is 397 g/mol. The van der Waals surface area contributed by atoms with Crippen LogP contribution in [0.3, 0.4) is 0 Å². The number of ether oxygens (including phenoxy) is 1. The maximum absolute atomic E-state index is 14.3. The van der Waals surface area contributed by atoms with Crippen LogP contribution in [0.4, 0.5) is 17.6 Å². The number of alkyl halides is 3. The van der Waals surface area contributed by atoms with Gasteiger partial charge in [-0.05, 0) is 44.0 Å². The number of benzene rings is 1. The van der Waals surface area contributed by atoms with Crippen LogP contribution in [0.15, 0.2) is 35.0 Å². The number of carbonyl (C=O) groups is 1. The van der Waals surface area contributed by atoms with Crippen molar-refractivity contribution in [3.05, 3.63) is 47.0 Å². The maximum atomic E-state index is 14.3. The van der Waals surface area contributed by atoms with Gasteiger partial charge in [0.25, 0.3) is 0 Å². The van der Waals surface area contributed by atoms with E-state index in [2.05, 4.69) is 9.73 Å². The Hall–Kier alpha value is -2.84. The first-order valence-electron chi connectivity index (χ1n) is 8.59. The van der Waals surface area contributed by atoms with Crippen LogP contribution in [0.25, 0.3) is 10.9 Å². The molecule has 0 spiro atoms. The van der Waals surface area contributed by atoms with Gasteiger partial charge in [-0.2, -0.15) is 13.2 Å². The first-order valence-corrected chi connectivity index (χ1v) is 8.59. The molecule has 1 aromatic carbocycles. The molecule has 1 aromatic heterocycles. The van der Waals surface area contributed by atoms with Gasteiger partial charge in [-0.15, -0.1) is 0 Å². The molecular formula is C19H19F4N3O2. The number of nitrogens with zero attached hydrogens (tertiary/aromatic N) is 2. The Morgan fingerprint density at radius 2 is 2.04 bits per heavy atom. The predicted molar refractivity (Wildman–Crippen MR) is 96.6 cm³/mol. The molecule has 1 aliphatic carbocycles. The highest BCUT2D eigenvalue weighted by molar-refractivity contribution is 6.00. The highest BCUT2D eigenvalue weighted by atomic mass is 19.4. The second-order valence-electron chi connectivity index (χ2n) is 6.71. The normalized spacial score (nSPS) is 15.9. The van der Waals surface area contributed by atoms with Gasteiger partial charge in [0.05, 0.1) is 24.7 Å². The zero-order valence-electron chi connectivity index (χ0n) is 15.3. The maximum Gasteiger partial charge on any atom is 0.432 e. The van der Waals surface area contributed by atoms with E-state index >= 15 is 0 Å². The lowest BCUT2D eigenvalue weighted by Gasteiger charge is -2.10. The van der Waals surface area contributed by atoms with Gasteiger partial charge < -0.3 is 15.0 Å². The van der Waals surface area contributed by atoms with Gasteiger partial charge in [0, 0.05) is 22.8 Å². The molecule has 9 heteroatoms. The smallest absolute Gasteiger partial charge is 0.432 e. The molecular weight excluding hydrogens is 378 g/mol. The van der Waals surface area contributed by atoms with E-state index in [1.165, 1.54) is 19.1 Å². The third kappa shape index (κ3) is 4.02. The average Bonchev–Trinajstić information content (AvgIpc) is 3.37. The number of aromatic nitrogens is 1. The Bertz CT molecular complexity index is 981. The topological polar surface area (TPSA) is 69.6 Å². The first kappa shape index (κ1) is 19.9. The molecule has 2 aromatic rings. The van der Waals surface area contributed by atoms with Crippen molar-refractivity contribution in [1.29, 1.82) is 0 Å². The Morgan fingerprint density at radius 3 is 2.57 bits per heavy atom. The minimum atomic E-state index is -4.64. The minimum Gasteiger partial charge on any atom is -0.465 e. The summed E-state index contributed by atoms with van der Waals surface area (Å²) >= 11 is 0. The summed E-state index contributed by atoms with van der Waals surface area (Å²) in [5, 5.41) is 0.540. The van der Waals surface area contributed by atoms with Gasteiger partial charge in [0.2, 0.25) is 0 Å². The van der Waals surface area contributed by atoms with Crippen molar-refractivity contribution in [3.8, 4) is 0 Å². The van der Waals surface area contributed by atoms with Crippen molar-refractivity contribution in [1.82, 2.24) is 4.57 Å². The summed E-state index contributed by atoms with van der Waals surface area (Å²) < 4.78 is 60.1. The van der Waals surface area contributed by atoms with Gasteiger partial charge in [-0.3, -0.25) is 4.99 Å². The van der Waals surface area contributed by atoms with Crippen LogP contribution in [0.2, 0.25) is 0 Å². The Labute approximate surface area is 158 Å². The summed E-state index contributed by atoms with van der Waals surface area (Å²) in [6.07, 6.45) is -2.18. The van der Waals surface area contributed by atoms with E-state index in [1.807, 2.05) is 0 Å². The third-order valence-corrected chi connectivity index (χ3v) is 4.39. The molecule has 3 rings (SSSR count). The number of hydrogen-bond donors (Lipinski definition) is 1. The molecule has 0 unspecified atom stereocenters. The number of fused-ring (bicyclic) bond motifs is 1. The van der Waals surface area contributed by atoms with Crippen LogP contribution in [-0.2, 0) is 11.3 Å². The lowest BCUT2D eigenvalue weighted by Crippen LogP contribution is -2.22. The number of hydrogen-bond acceptors (Lipinski definition) is 4. The highest BCUT2D eigenvalue weighted by Crippen LogP contribution is 2.40. The van der Waals surface area contributed by atoms with Crippen molar-refractivity contribution in [2.75, 3.05) is 7.11 Å². The number of nitrogens with two attached hydrogens (primary N) is 1. The second-order valence-corrected chi connectivity index (χ2v) is 6.71. The molecule has 1 fully saturated rings. The fraction of sp³-hybridized carbons (Fsp3) is 0.368. The Balaban J connectivity index is 2.08. The summed E-state index contributed by atoms with van der Waals surface area (Å²) in [6.45, 7) is 1.10. The molecule has 0 amide bonds. The number of carbonyl (C=O) groups excluding carboxylic acids is 1. The van der Waals surface area contributed by atoms with E-state index in [0.717, 1.165) is 26.0 Å². The van der Waals surface area contributed by atoms with E-state index in [1.54, 1.807) is 10.6 Å². The molecule has 1 saturated carbocycles. The lowest BCUT2D eigenvalue weighted by atomic mass is 10.1. The van der Waals surface area contributed by atoms with E-state index in [-0.39, 0.29) is 23.8 Å². The van der Waals surface area contributed by atoms with Crippen LogP contribution in [-0.4, -0.2) is 29.5 Å². The molecule has 0 bridgehead atoms. The van der Waals surface area contributed by atoms with E-state index < -0.39 is 23.7 Å². The van der Waals surface area contributed by atoms with Gasteiger partial charge in [-0.1, -0.05) is 0 Å². The van der Waals surface area contributed by atoms with E-state index in [4.69, 9.17) is 5.73 Å². The number of halogens is 4. The number of aliphatic imine (C=N–C) groups is 1. The summed E-state index contributed by atoms with van der Waals surface area (Å²) in [6, 6.07) is 4.25. The fourth-order valence-corrected chi connectivity index (χ4v) is 3.06. The molecule has 0 radical (unpaired) electrons. The molecule has 5 nitrogen and oxygen atoms in total. The van der Waals surface area contributed by atoms with Crippen LogP contribution in [0, 0.1) is 5.82 Å². The van der Waals surface area contributed by atoms with Crippen LogP contribution >= 0.6 is 0 Å². The van der Waals surface area contributed by atoms with E-state index in [0.29, 0.717) is 16.6 Å². The Kier molecular flexibility index (Phi) is 5.18. The van der Waals surface area contributed by atoms with E-state index in [9.17, 15) is 22.4 Å². The van der Waals surface area contributed by atoms with Gasteiger partial charge in [-0.25, -0.2) is 9.18 Å². The molecule has 150 valence electrons. The number of methoxy groups -OCH3 is 1. The minimum absolute atomic E-state index is 0.0106. The molecule has 1 aliphatic rings. The number of allylic oxidation sites excluding steroid dienone is 2. The monoisotopic (exact) mass is 397 g/mol. The fourth-order valence-electron chi connectivity index (χ4n) is 3.06. The predicted octanol–water partition coefficient (Wildman–Crippen LogP) is 4.27. The van der Waals surface area contributed by atoms with Crippen molar-refractivity contribution in [3.63, 3.8) is 0 Å². The SMILES string of the molecule is COC(=O)c1cc2cc(CN=C(C=C(C)N)C(F)(F)F)n(C3CC3)c2cc1F. The summed E-state index contributed by atoms with van der Waals surface area (Å²) in [5.74, 6) is -1.56. The molecule has 28 heavy (non-hydrogen) atoms. The molecule has 0 atom stereocenters. The van der Waals surface area contributed by atoms with Crippen molar-refractivity contribution in [2.24, 2.45) is 10.7 Å². The van der Waals surface area contributed by atoms with Crippen LogP contribution in [0.1, 0.15) is 41.9 Å². The molecule has 2 N–H and O–H groups in total. The Morgan fingerprint density at radius 1 is 1.36 bits per heavy atom. The largest absolute Gasteiger partial charge is 0.465 e. The summed E-state index contributed by atoms with van der Waals surface area (Å²) in [5.41, 5.74) is 5.07. The zero-order chi connectivity index (χ0) is 20.6. The quantitative estimate of drug-likeness (QED) is 0.465. The standard InChI is InChI=1S/C19H19F4N3O2/c1-10(24)5-17(19(21,22)23)25-9-13-6-11-7-14(18(27)28-2)15(20)8-16(11)26(13)12-3-4-12/h5-8,12H,3-4,9,24H2,1-2H3. The van der Waals surface area contributed by atoms with Crippen molar-refractivity contribution >= 4 is 22.6 Å². The highest BCUT2D eigenvalue weighted by Gasteiger charge is 2.34. The number of rotatable bonds is 5. The third-order valence-electron chi connectivity index (χ3n) is 4.39. The zero-order valence-corrected chi connectivity index (χ0v) is 15.3. The van der Waals surface area contributed by atoms with Gasteiger partial charge in [0.15, 0.2) is 0 Å². The molecule has 0 aliphatic heterocycles. The molecule has 1 heterocycles. The van der Waals surface area contributed by atoms with Gasteiger partial charge in [0.1, 0.15) is 11.5 Å². The lowest BCUT2D eigenvalue weighted by molar-refractivity contribution is -0.0579. The summed E-state index contributed by atoms with van der Waals surface area (Å²) in [7, 11) is 1.15.